The average molecular weight is 258 g/mol. The number of rotatable bonds is 2. The van der Waals surface area contributed by atoms with Gasteiger partial charge >= 0.3 is 0 Å². The molecule has 4 nitrogen and oxygen atoms in total. The van der Waals surface area contributed by atoms with E-state index in [2.05, 4.69) is 15.3 Å². The summed E-state index contributed by atoms with van der Waals surface area (Å²) in [4.78, 5) is 10.6. The van der Waals surface area contributed by atoms with Crippen LogP contribution in [0.2, 0.25) is 0 Å². The summed E-state index contributed by atoms with van der Waals surface area (Å²) in [6.45, 7) is 1.69. The first-order chi connectivity index (χ1) is 9.25. The Bertz CT molecular complexity index is 600. The number of hydrogen-bond donors (Lipinski definition) is 1. The van der Waals surface area contributed by atoms with Crippen molar-refractivity contribution in [3.63, 3.8) is 0 Å². The molecule has 0 aliphatic carbocycles. The average Bonchev–Trinajstić information content (AvgIpc) is 2.46. The van der Waals surface area contributed by atoms with Gasteiger partial charge in [0.2, 0.25) is 0 Å². The van der Waals surface area contributed by atoms with Crippen LogP contribution in [0.5, 0.6) is 0 Å². The summed E-state index contributed by atoms with van der Waals surface area (Å²) in [6, 6.07) is 6.51. The summed E-state index contributed by atoms with van der Waals surface area (Å²) in [6.07, 6.45) is 2.48. The molecule has 0 bridgehead atoms. The first-order valence-electron chi connectivity index (χ1n) is 6.28. The molecule has 1 aliphatic rings. The lowest BCUT2D eigenvalue weighted by Crippen LogP contribution is -2.27. The van der Waals surface area contributed by atoms with Crippen LogP contribution < -0.4 is 10.2 Å². The zero-order valence-corrected chi connectivity index (χ0v) is 10.7. The van der Waals surface area contributed by atoms with E-state index in [9.17, 15) is 4.39 Å². The van der Waals surface area contributed by atoms with Gasteiger partial charge in [-0.2, -0.15) is 0 Å². The molecule has 1 aromatic carbocycles. The van der Waals surface area contributed by atoms with Gasteiger partial charge in [0.15, 0.2) is 0 Å². The highest BCUT2D eigenvalue weighted by Gasteiger charge is 2.18. The normalized spacial score (nSPS) is 14.0. The molecule has 1 N–H and O–H groups in total. The van der Waals surface area contributed by atoms with E-state index in [0.29, 0.717) is 0 Å². The van der Waals surface area contributed by atoms with Crippen molar-refractivity contribution < 1.29 is 4.39 Å². The maximum atomic E-state index is 13.3. The second-order valence-electron chi connectivity index (χ2n) is 4.59. The number of aromatic nitrogens is 2. The molecule has 0 unspecified atom stereocenters. The van der Waals surface area contributed by atoms with Gasteiger partial charge < -0.3 is 10.2 Å². The van der Waals surface area contributed by atoms with E-state index in [-0.39, 0.29) is 5.82 Å². The van der Waals surface area contributed by atoms with Crippen molar-refractivity contribution in [1.82, 2.24) is 15.3 Å². The predicted octanol–water partition coefficient (Wildman–Crippen LogP) is 2.03. The van der Waals surface area contributed by atoms with E-state index in [4.69, 9.17) is 0 Å². The van der Waals surface area contributed by atoms with Gasteiger partial charge in [0.1, 0.15) is 18.0 Å². The molecule has 0 atom stereocenters. The summed E-state index contributed by atoms with van der Waals surface area (Å²) in [5.41, 5.74) is 2.96. The van der Waals surface area contributed by atoms with Crippen molar-refractivity contribution in [1.29, 1.82) is 0 Å². The Labute approximate surface area is 111 Å². The molecular formula is C14H15FN4. The fraction of sp³-hybridized carbons (Fsp3) is 0.286. The number of hydrogen-bond acceptors (Lipinski definition) is 4. The molecule has 0 saturated carbocycles. The van der Waals surface area contributed by atoms with Crippen LogP contribution in [0.25, 0.3) is 0 Å². The second kappa shape index (κ2) is 4.93. The fourth-order valence-electron chi connectivity index (χ4n) is 2.35. The maximum absolute atomic E-state index is 13.3. The maximum Gasteiger partial charge on any atom is 0.140 e. The van der Waals surface area contributed by atoms with E-state index in [1.807, 2.05) is 18.0 Å². The van der Waals surface area contributed by atoms with Gasteiger partial charge in [-0.1, -0.05) is 6.07 Å². The number of anilines is 2. The van der Waals surface area contributed by atoms with Crippen LogP contribution in [-0.4, -0.2) is 23.6 Å². The molecule has 0 spiro atoms. The van der Waals surface area contributed by atoms with Crippen LogP contribution in [0.15, 0.2) is 30.6 Å². The lowest BCUT2D eigenvalue weighted by atomic mass is 10.1. The minimum Gasteiger partial charge on any atom is -0.329 e. The second-order valence-corrected chi connectivity index (χ2v) is 4.59. The van der Waals surface area contributed by atoms with Gasteiger partial charge in [0.05, 0.1) is 5.69 Å². The fourth-order valence-corrected chi connectivity index (χ4v) is 2.35. The Hall–Kier alpha value is -2.01. The van der Waals surface area contributed by atoms with Crippen molar-refractivity contribution in [2.75, 3.05) is 18.5 Å². The summed E-state index contributed by atoms with van der Waals surface area (Å²) < 4.78 is 13.3. The third-order valence-corrected chi connectivity index (χ3v) is 3.37. The van der Waals surface area contributed by atoms with Crippen molar-refractivity contribution in [3.05, 3.63) is 47.7 Å². The van der Waals surface area contributed by atoms with Crippen molar-refractivity contribution >= 4 is 11.5 Å². The van der Waals surface area contributed by atoms with E-state index in [1.54, 1.807) is 12.4 Å². The summed E-state index contributed by atoms with van der Waals surface area (Å²) in [5, 5.41) is 3.32. The number of nitrogens with zero attached hydrogens (tertiary/aromatic N) is 3. The number of halogens is 1. The smallest absolute Gasteiger partial charge is 0.140 e. The molecule has 19 heavy (non-hydrogen) atoms. The summed E-state index contributed by atoms with van der Waals surface area (Å²) >= 11 is 0. The molecule has 0 amide bonds. The molecule has 98 valence electrons. The van der Waals surface area contributed by atoms with Gasteiger partial charge in [0.25, 0.3) is 0 Å². The largest absolute Gasteiger partial charge is 0.329 e. The highest BCUT2D eigenvalue weighted by atomic mass is 19.1. The Morgan fingerprint density at radius 3 is 3.05 bits per heavy atom. The zero-order valence-electron chi connectivity index (χ0n) is 10.7. The third-order valence-electron chi connectivity index (χ3n) is 3.37. The van der Waals surface area contributed by atoms with E-state index >= 15 is 0 Å². The van der Waals surface area contributed by atoms with Gasteiger partial charge in [0, 0.05) is 37.8 Å². The molecule has 5 heteroatoms. The number of fused-ring (bicyclic) bond motifs is 1. The summed E-state index contributed by atoms with van der Waals surface area (Å²) in [5.74, 6) is 0.591. The molecule has 3 rings (SSSR count). The number of nitrogens with one attached hydrogen (secondary N) is 1. The van der Waals surface area contributed by atoms with Crippen LogP contribution in [0, 0.1) is 5.82 Å². The topological polar surface area (TPSA) is 41.1 Å². The Balaban J connectivity index is 2.02. The highest BCUT2D eigenvalue weighted by Crippen LogP contribution is 2.27. The van der Waals surface area contributed by atoms with E-state index in [0.717, 1.165) is 42.3 Å². The molecule has 0 saturated heterocycles. The standard InChI is InChI=1S/C14H15FN4/c1-19(11-4-2-3-10(15)7-11)14-12-8-16-6-5-13(12)17-9-18-14/h2-4,7,9,16H,5-6,8H2,1H3. The van der Waals surface area contributed by atoms with E-state index < -0.39 is 0 Å². The highest BCUT2D eigenvalue weighted by molar-refractivity contribution is 5.62. The Morgan fingerprint density at radius 2 is 2.21 bits per heavy atom. The van der Waals surface area contributed by atoms with Crippen molar-refractivity contribution in [2.24, 2.45) is 0 Å². The third kappa shape index (κ3) is 2.29. The molecule has 1 aliphatic heterocycles. The molecule has 2 heterocycles. The molecule has 0 radical (unpaired) electrons. The van der Waals surface area contributed by atoms with Gasteiger partial charge in [-0.25, -0.2) is 14.4 Å². The monoisotopic (exact) mass is 258 g/mol. The number of benzene rings is 1. The Kier molecular flexibility index (Phi) is 3.13. The SMILES string of the molecule is CN(c1cccc(F)c1)c1ncnc2c1CNCC2. The summed E-state index contributed by atoms with van der Waals surface area (Å²) in [7, 11) is 1.89. The van der Waals surface area contributed by atoms with Gasteiger partial charge in [-0.05, 0) is 18.2 Å². The minimum absolute atomic E-state index is 0.245. The zero-order chi connectivity index (χ0) is 13.2. The Morgan fingerprint density at radius 1 is 1.32 bits per heavy atom. The van der Waals surface area contributed by atoms with E-state index in [1.165, 1.54) is 12.1 Å². The predicted molar refractivity (Wildman–Crippen MR) is 71.9 cm³/mol. The minimum atomic E-state index is -0.245. The first kappa shape index (κ1) is 12.0. The lowest BCUT2D eigenvalue weighted by molar-refractivity contribution is 0.623. The van der Waals surface area contributed by atoms with Gasteiger partial charge in [-0.15, -0.1) is 0 Å². The lowest BCUT2D eigenvalue weighted by Gasteiger charge is -2.25. The van der Waals surface area contributed by atoms with Crippen LogP contribution in [0.1, 0.15) is 11.3 Å². The van der Waals surface area contributed by atoms with Crippen LogP contribution in [-0.2, 0) is 13.0 Å². The van der Waals surface area contributed by atoms with Gasteiger partial charge in [-0.3, -0.25) is 0 Å². The molecule has 0 fully saturated rings. The van der Waals surface area contributed by atoms with Crippen LogP contribution in [0.4, 0.5) is 15.9 Å². The molecular weight excluding hydrogens is 243 g/mol. The van der Waals surface area contributed by atoms with Crippen LogP contribution in [0.3, 0.4) is 0 Å². The quantitative estimate of drug-likeness (QED) is 0.895. The van der Waals surface area contributed by atoms with Crippen LogP contribution >= 0.6 is 0 Å². The molecule has 2 aromatic rings. The molecule has 1 aromatic heterocycles. The van der Waals surface area contributed by atoms with Crippen molar-refractivity contribution in [2.45, 2.75) is 13.0 Å². The van der Waals surface area contributed by atoms with Crippen molar-refractivity contribution in [3.8, 4) is 0 Å². The first-order valence-corrected chi connectivity index (χ1v) is 6.28.